The fraction of sp³-hybridized carbons (Fsp3) is 0.0769. The van der Waals surface area contributed by atoms with E-state index in [1.165, 1.54) is 43.8 Å². The number of nitrogens with zero attached hydrogens (tertiary/aromatic N) is 2. The summed E-state index contributed by atoms with van der Waals surface area (Å²) in [5, 5.41) is 5.16. The highest BCUT2D eigenvalue weighted by Gasteiger charge is 2.39. The lowest BCUT2D eigenvalue weighted by molar-refractivity contribution is 0.662. The Hall–Kier alpha value is -5.08. The fourth-order valence-electron chi connectivity index (χ4n) is 6.73. The first kappa shape index (κ1) is 23.8. The summed E-state index contributed by atoms with van der Waals surface area (Å²) in [6, 6.07) is 47.4. The number of fused-ring (bicyclic) bond motifs is 7. The smallest absolute Gasteiger partial charge is 0.160 e. The second kappa shape index (κ2) is 8.97. The van der Waals surface area contributed by atoms with Crippen molar-refractivity contribution in [1.29, 1.82) is 0 Å². The van der Waals surface area contributed by atoms with Gasteiger partial charge in [-0.1, -0.05) is 141 Å². The van der Waals surface area contributed by atoms with Crippen molar-refractivity contribution in [3.05, 3.63) is 145 Å². The van der Waals surface area contributed by atoms with Gasteiger partial charge in [0.2, 0.25) is 0 Å². The molecule has 0 bridgehead atoms. The molecule has 0 unspecified atom stereocenters. The SMILES string of the molecule is CC1(C)c2ccc3ccc4ccccc4c3c2-c2cccc(-c3nc(-c4ccccc4)cc(-c4ccccc4)n3)c21. The second-order valence-corrected chi connectivity index (χ2v) is 11.4. The lowest BCUT2D eigenvalue weighted by Gasteiger charge is -2.24. The standard InChI is InChI=1S/C39H28N2/c1-39(2)32-23-22-28-21-20-25-12-9-10-17-29(25)35(28)36(32)30-18-11-19-31(37(30)39)38-40-33(26-13-5-3-6-14-26)24-34(41-38)27-15-7-4-8-16-27/h3-24H,1-2H3. The van der Waals surface area contributed by atoms with Gasteiger partial charge in [-0.25, -0.2) is 9.97 Å². The zero-order valence-corrected chi connectivity index (χ0v) is 23.1. The molecule has 7 aromatic rings. The quantitative estimate of drug-likeness (QED) is 0.215. The van der Waals surface area contributed by atoms with Crippen LogP contribution in [0, 0.1) is 0 Å². The van der Waals surface area contributed by atoms with Gasteiger partial charge in [-0.05, 0) is 49.9 Å². The monoisotopic (exact) mass is 524 g/mol. The van der Waals surface area contributed by atoms with Gasteiger partial charge < -0.3 is 0 Å². The molecular weight excluding hydrogens is 496 g/mol. The average molecular weight is 525 g/mol. The van der Waals surface area contributed by atoms with Crippen molar-refractivity contribution >= 4 is 21.5 Å². The molecular formula is C39H28N2. The molecule has 194 valence electrons. The van der Waals surface area contributed by atoms with Gasteiger partial charge in [0, 0.05) is 22.1 Å². The molecule has 6 aromatic carbocycles. The zero-order chi connectivity index (χ0) is 27.6. The Labute approximate surface area is 240 Å². The topological polar surface area (TPSA) is 25.8 Å². The Kier molecular flexibility index (Phi) is 5.20. The van der Waals surface area contributed by atoms with Crippen molar-refractivity contribution in [3.63, 3.8) is 0 Å². The normalized spacial score (nSPS) is 13.3. The molecule has 1 heterocycles. The molecule has 0 spiro atoms. The van der Waals surface area contributed by atoms with Gasteiger partial charge >= 0.3 is 0 Å². The van der Waals surface area contributed by atoms with E-state index in [4.69, 9.17) is 9.97 Å². The van der Waals surface area contributed by atoms with Gasteiger partial charge in [-0.2, -0.15) is 0 Å². The average Bonchev–Trinajstić information content (AvgIpc) is 3.28. The molecule has 0 radical (unpaired) electrons. The molecule has 1 aliphatic rings. The number of hydrogen-bond donors (Lipinski definition) is 0. The van der Waals surface area contributed by atoms with E-state index in [-0.39, 0.29) is 5.41 Å². The number of benzene rings is 6. The molecule has 0 saturated heterocycles. The van der Waals surface area contributed by atoms with Crippen LogP contribution in [0.3, 0.4) is 0 Å². The van der Waals surface area contributed by atoms with E-state index >= 15 is 0 Å². The van der Waals surface area contributed by atoms with Crippen molar-refractivity contribution in [2.45, 2.75) is 19.3 Å². The van der Waals surface area contributed by atoms with Crippen LogP contribution in [-0.2, 0) is 5.41 Å². The lowest BCUT2D eigenvalue weighted by atomic mass is 9.79. The molecule has 1 aliphatic carbocycles. The van der Waals surface area contributed by atoms with E-state index in [0.29, 0.717) is 0 Å². The maximum atomic E-state index is 5.21. The van der Waals surface area contributed by atoms with Gasteiger partial charge in [0.1, 0.15) is 0 Å². The first-order valence-electron chi connectivity index (χ1n) is 14.2. The maximum Gasteiger partial charge on any atom is 0.160 e. The van der Waals surface area contributed by atoms with Crippen molar-refractivity contribution < 1.29 is 0 Å². The molecule has 2 nitrogen and oxygen atoms in total. The summed E-state index contributed by atoms with van der Waals surface area (Å²) in [6.45, 7) is 4.69. The summed E-state index contributed by atoms with van der Waals surface area (Å²) in [7, 11) is 0. The van der Waals surface area contributed by atoms with Crippen LogP contribution in [0.25, 0.3) is 66.6 Å². The van der Waals surface area contributed by atoms with Crippen LogP contribution in [0.4, 0.5) is 0 Å². The Morgan fingerprint density at radius 2 is 1.10 bits per heavy atom. The van der Waals surface area contributed by atoms with E-state index in [2.05, 4.69) is 135 Å². The van der Waals surface area contributed by atoms with Crippen molar-refractivity contribution in [3.8, 4) is 45.0 Å². The molecule has 0 aliphatic heterocycles. The summed E-state index contributed by atoms with van der Waals surface area (Å²) in [6.07, 6.45) is 0. The Balaban J connectivity index is 1.43. The Bertz CT molecular complexity index is 2050. The van der Waals surface area contributed by atoms with E-state index in [1.807, 2.05) is 12.1 Å². The summed E-state index contributed by atoms with van der Waals surface area (Å²) in [5.74, 6) is 0.761. The lowest BCUT2D eigenvalue weighted by Crippen LogP contribution is -2.16. The minimum Gasteiger partial charge on any atom is -0.228 e. The molecule has 8 rings (SSSR count). The highest BCUT2D eigenvalue weighted by Crippen LogP contribution is 2.54. The second-order valence-electron chi connectivity index (χ2n) is 11.4. The van der Waals surface area contributed by atoms with Crippen LogP contribution in [0.2, 0.25) is 0 Å². The Morgan fingerprint density at radius 1 is 0.512 bits per heavy atom. The third-order valence-corrected chi connectivity index (χ3v) is 8.65. The molecule has 0 N–H and O–H groups in total. The summed E-state index contributed by atoms with van der Waals surface area (Å²) >= 11 is 0. The zero-order valence-electron chi connectivity index (χ0n) is 23.1. The van der Waals surface area contributed by atoms with Crippen LogP contribution in [-0.4, -0.2) is 9.97 Å². The van der Waals surface area contributed by atoms with Crippen LogP contribution in [0.1, 0.15) is 25.0 Å². The van der Waals surface area contributed by atoms with Gasteiger partial charge in [0.25, 0.3) is 0 Å². The number of rotatable bonds is 3. The van der Waals surface area contributed by atoms with Crippen LogP contribution in [0.5, 0.6) is 0 Å². The minimum atomic E-state index is -0.217. The minimum absolute atomic E-state index is 0.217. The summed E-state index contributed by atoms with van der Waals surface area (Å²) in [4.78, 5) is 10.4. The number of aromatic nitrogens is 2. The van der Waals surface area contributed by atoms with E-state index in [1.54, 1.807) is 0 Å². The molecule has 0 saturated carbocycles. The van der Waals surface area contributed by atoms with Gasteiger partial charge in [-0.3, -0.25) is 0 Å². The third-order valence-electron chi connectivity index (χ3n) is 8.65. The van der Waals surface area contributed by atoms with E-state index < -0.39 is 0 Å². The molecule has 0 fully saturated rings. The molecule has 2 heteroatoms. The van der Waals surface area contributed by atoms with Crippen LogP contribution in [0.15, 0.2) is 133 Å². The van der Waals surface area contributed by atoms with Crippen molar-refractivity contribution in [2.75, 3.05) is 0 Å². The van der Waals surface area contributed by atoms with E-state index in [0.717, 1.165) is 33.9 Å². The van der Waals surface area contributed by atoms with Crippen LogP contribution >= 0.6 is 0 Å². The first-order valence-corrected chi connectivity index (χ1v) is 14.2. The number of hydrogen-bond acceptors (Lipinski definition) is 2. The van der Waals surface area contributed by atoms with E-state index in [9.17, 15) is 0 Å². The third kappa shape index (κ3) is 3.64. The summed E-state index contributed by atoms with van der Waals surface area (Å²) in [5.41, 5.74) is 10.2. The van der Waals surface area contributed by atoms with Gasteiger partial charge in [-0.15, -0.1) is 0 Å². The predicted molar refractivity (Wildman–Crippen MR) is 171 cm³/mol. The fourth-order valence-corrected chi connectivity index (χ4v) is 6.73. The molecule has 0 atom stereocenters. The molecule has 0 amide bonds. The summed E-state index contributed by atoms with van der Waals surface area (Å²) < 4.78 is 0. The van der Waals surface area contributed by atoms with Crippen molar-refractivity contribution in [1.82, 2.24) is 9.97 Å². The predicted octanol–water partition coefficient (Wildman–Crippen LogP) is 10.1. The largest absolute Gasteiger partial charge is 0.228 e. The highest BCUT2D eigenvalue weighted by molar-refractivity contribution is 6.17. The van der Waals surface area contributed by atoms with Gasteiger partial charge in [0.05, 0.1) is 11.4 Å². The molecule has 41 heavy (non-hydrogen) atoms. The molecule has 1 aromatic heterocycles. The first-order chi connectivity index (χ1) is 20.1. The van der Waals surface area contributed by atoms with Crippen LogP contribution < -0.4 is 0 Å². The Morgan fingerprint density at radius 3 is 1.80 bits per heavy atom. The van der Waals surface area contributed by atoms with Crippen molar-refractivity contribution in [2.24, 2.45) is 0 Å². The maximum absolute atomic E-state index is 5.21. The van der Waals surface area contributed by atoms with Gasteiger partial charge in [0.15, 0.2) is 5.82 Å². The highest BCUT2D eigenvalue weighted by atomic mass is 14.9.